The molecule has 1 heterocycles. The van der Waals surface area contributed by atoms with E-state index in [2.05, 4.69) is 24.0 Å². The summed E-state index contributed by atoms with van der Waals surface area (Å²) in [5, 5.41) is 13.0. The quantitative estimate of drug-likeness (QED) is 0.880. The summed E-state index contributed by atoms with van der Waals surface area (Å²) < 4.78 is 10.6. The zero-order valence-electron chi connectivity index (χ0n) is 12.3. The number of carbonyl (C=O) groups is 1. The average Bonchev–Trinajstić information content (AvgIpc) is 2.83. The van der Waals surface area contributed by atoms with Crippen LogP contribution < -0.4 is 4.74 Å². The SMILES string of the molecule is Cc1ccc(OCc2noc(CC(C)C)n2)c(C(=O)O)c1. The van der Waals surface area contributed by atoms with Gasteiger partial charge in [-0.1, -0.05) is 30.6 Å². The van der Waals surface area contributed by atoms with Gasteiger partial charge >= 0.3 is 5.97 Å². The summed E-state index contributed by atoms with van der Waals surface area (Å²) in [7, 11) is 0. The summed E-state index contributed by atoms with van der Waals surface area (Å²) in [4.78, 5) is 15.4. The third-order valence-electron chi connectivity index (χ3n) is 2.82. The maximum atomic E-state index is 11.2. The molecule has 112 valence electrons. The van der Waals surface area contributed by atoms with Crippen molar-refractivity contribution in [3.63, 3.8) is 0 Å². The van der Waals surface area contributed by atoms with E-state index in [1.807, 2.05) is 6.92 Å². The minimum atomic E-state index is -1.03. The summed E-state index contributed by atoms with van der Waals surface area (Å²) in [5.74, 6) is 0.661. The van der Waals surface area contributed by atoms with Crippen LogP contribution >= 0.6 is 0 Å². The van der Waals surface area contributed by atoms with Crippen molar-refractivity contribution in [3.05, 3.63) is 41.0 Å². The van der Waals surface area contributed by atoms with E-state index >= 15 is 0 Å². The molecule has 0 spiro atoms. The predicted molar refractivity (Wildman–Crippen MR) is 75.3 cm³/mol. The Hall–Kier alpha value is -2.37. The van der Waals surface area contributed by atoms with Gasteiger partial charge in [0, 0.05) is 6.42 Å². The molecule has 0 amide bonds. The number of ether oxygens (including phenoxy) is 1. The van der Waals surface area contributed by atoms with Crippen LogP contribution in [-0.2, 0) is 13.0 Å². The van der Waals surface area contributed by atoms with Crippen LogP contribution in [0.25, 0.3) is 0 Å². The van der Waals surface area contributed by atoms with E-state index in [1.54, 1.807) is 18.2 Å². The Balaban J connectivity index is 2.06. The first-order chi connectivity index (χ1) is 9.95. The fraction of sp³-hybridized carbons (Fsp3) is 0.400. The highest BCUT2D eigenvalue weighted by molar-refractivity contribution is 5.91. The third kappa shape index (κ3) is 4.05. The Labute approximate surface area is 122 Å². The van der Waals surface area contributed by atoms with Gasteiger partial charge in [-0.2, -0.15) is 4.98 Å². The first-order valence-electron chi connectivity index (χ1n) is 6.74. The molecule has 1 aromatic carbocycles. The van der Waals surface area contributed by atoms with Crippen molar-refractivity contribution in [3.8, 4) is 5.75 Å². The molecule has 6 heteroatoms. The second-order valence-corrected chi connectivity index (χ2v) is 5.30. The molecule has 0 bridgehead atoms. The zero-order chi connectivity index (χ0) is 15.4. The van der Waals surface area contributed by atoms with Crippen LogP contribution in [0.3, 0.4) is 0 Å². The minimum Gasteiger partial charge on any atom is -0.485 e. The lowest BCUT2D eigenvalue weighted by Crippen LogP contribution is -2.05. The fourth-order valence-electron chi connectivity index (χ4n) is 1.86. The van der Waals surface area contributed by atoms with E-state index in [-0.39, 0.29) is 12.2 Å². The Morgan fingerprint density at radius 1 is 1.43 bits per heavy atom. The largest absolute Gasteiger partial charge is 0.485 e. The van der Waals surface area contributed by atoms with Crippen molar-refractivity contribution in [1.82, 2.24) is 10.1 Å². The monoisotopic (exact) mass is 290 g/mol. The van der Waals surface area contributed by atoms with E-state index in [0.29, 0.717) is 29.8 Å². The first-order valence-corrected chi connectivity index (χ1v) is 6.74. The average molecular weight is 290 g/mol. The Kier molecular flexibility index (Phi) is 4.57. The number of hydrogen-bond donors (Lipinski definition) is 1. The number of nitrogens with zero attached hydrogens (tertiary/aromatic N) is 2. The molecule has 0 atom stereocenters. The van der Waals surface area contributed by atoms with Gasteiger partial charge in [0.2, 0.25) is 11.7 Å². The van der Waals surface area contributed by atoms with Gasteiger partial charge in [0.1, 0.15) is 11.3 Å². The summed E-state index contributed by atoms with van der Waals surface area (Å²) in [6.07, 6.45) is 0.706. The highest BCUT2D eigenvalue weighted by Crippen LogP contribution is 2.21. The molecule has 0 fully saturated rings. The Morgan fingerprint density at radius 2 is 2.19 bits per heavy atom. The van der Waals surface area contributed by atoms with Gasteiger partial charge in [-0.05, 0) is 25.0 Å². The lowest BCUT2D eigenvalue weighted by Gasteiger charge is -2.07. The van der Waals surface area contributed by atoms with Gasteiger partial charge in [-0.3, -0.25) is 0 Å². The van der Waals surface area contributed by atoms with E-state index in [1.165, 1.54) is 0 Å². The van der Waals surface area contributed by atoms with Crippen LogP contribution in [0.15, 0.2) is 22.7 Å². The molecular weight excluding hydrogens is 272 g/mol. The topological polar surface area (TPSA) is 85.5 Å². The van der Waals surface area contributed by atoms with Crippen molar-refractivity contribution in [2.75, 3.05) is 0 Å². The Bertz CT molecular complexity index is 634. The summed E-state index contributed by atoms with van der Waals surface area (Å²) >= 11 is 0. The van der Waals surface area contributed by atoms with Gasteiger partial charge in [0.15, 0.2) is 6.61 Å². The molecule has 0 saturated heterocycles. The van der Waals surface area contributed by atoms with Crippen LogP contribution in [0, 0.1) is 12.8 Å². The second kappa shape index (κ2) is 6.39. The second-order valence-electron chi connectivity index (χ2n) is 5.30. The molecule has 0 saturated carbocycles. The molecule has 0 aliphatic rings. The molecule has 1 aromatic heterocycles. The van der Waals surface area contributed by atoms with E-state index < -0.39 is 5.97 Å². The predicted octanol–water partition coefficient (Wildman–Crippen LogP) is 2.85. The van der Waals surface area contributed by atoms with Gasteiger partial charge in [-0.25, -0.2) is 4.79 Å². The molecular formula is C15H18N2O4. The molecule has 0 aliphatic heterocycles. The number of carboxylic acids is 1. The van der Waals surface area contributed by atoms with Crippen molar-refractivity contribution in [2.45, 2.75) is 33.8 Å². The highest BCUT2D eigenvalue weighted by atomic mass is 16.5. The molecule has 0 aliphatic carbocycles. The highest BCUT2D eigenvalue weighted by Gasteiger charge is 2.13. The van der Waals surface area contributed by atoms with Crippen LogP contribution in [0.4, 0.5) is 0 Å². The lowest BCUT2D eigenvalue weighted by molar-refractivity contribution is 0.0691. The van der Waals surface area contributed by atoms with Crippen molar-refractivity contribution in [1.29, 1.82) is 0 Å². The number of rotatable bonds is 6. The molecule has 2 rings (SSSR count). The van der Waals surface area contributed by atoms with Crippen LogP contribution in [0.5, 0.6) is 5.75 Å². The van der Waals surface area contributed by atoms with Gasteiger partial charge in [-0.15, -0.1) is 0 Å². The van der Waals surface area contributed by atoms with Crippen LogP contribution in [-0.4, -0.2) is 21.2 Å². The number of carboxylic acid groups (broad SMARTS) is 1. The molecule has 21 heavy (non-hydrogen) atoms. The molecule has 0 radical (unpaired) electrons. The van der Waals surface area contributed by atoms with Crippen LogP contribution in [0.2, 0.25) is 0 Å². The smallest absolute Gasteiger partial charge is 0.339 e. The van der Waals surface area contributed by atoms with Gasteiger partial charge in [0.05, 0.1) is 0 Å². The Morgan fingerprint density at radius 3 is 2.86 bits per heavy atom. The molecule has 0 unspecified atom stereocenters. The van der Waals surface area contributed by atoms with Crippen LogP contribution in [0.1, 0.15) is 41.5 Å². The van der Waals surface area contributed by atoms with Gasteiger partial charge < -0.3 is 14.4 Å². The van der Waals surface area contributed by atoms with Crippen molar-refractivity contribution in [2.24, 2.45) is 5.92 Å². The van der Waals surface area contributed by atoms with Crippen molar-refractivity contribution < 1.29 is 19.2 Å². The number of benzene rings is 1. The normalized spacial score (nSPS) is 10.9. The van der Waals surface area contributed by atoms with Gasteiger partial charge in [0.25, 0.3) is 0 Å². The summed E-state index contributed by atoms with van der Waals surface area (Å²) in [5.41, 5.74) is 0.986. The fourth-order valence-corrected chi connectivity index (χ4v) is 1.86. The summed E-state index contributed by atoms with van der Waals surface area (Å²) in [6, 6.07) is 4.99. The van der Waals surface area contributed by atoms with E-state index in [9.17, 15) is 4.79 Å². The maximum Gasteiger partial charge on any atom is 0.339 e. The number of aromatic nitrogens is 2. The number of hydrogen-bond acceptors (Lipinski definition) is 5. The standard InChI is InChI=1S/C15H18N2O4/c1-9(2)6-14-16-13(17-21-14)8-20-12-5-4-10(3)7-11(12)15(18)19/h4-5,7,9H,6,8H2,1-3H3,(H,18,19). The van der Waals surface area contributed by atoms with E-state index in [4.69, 9.17) is 14.4 Å². The minimum absolute atomic E-state index is 0.0743. The van der Waals surface area contributed by atoms with Crippen molar-refractivity contribution >= 4 is 5.97 Å². The van der Waals surface area contributed by atoms with E-state index in [0.717, 1.165) is 5.56 Å². The molecule has 1 N–H and O–H groups in total. The number of aromatic carboxylic acids is 1. The lowest BCUT2D eigenvalue weighted by atomic mass is 10.1. The molecule has 6 nitrogen and oxygen atoms in total. The zero-order valence-corrected chi connectivity index (χ0v) is 12.3. The first kappa shape index (κ1) is 15.0. The number of aryl methyl sites for hydroxylation is 1. The third-order valence-corrected chi connectivity index (χ3v) is 2.82. The molecule has 2 aromatic rings. The summed E-state index contributed by atoms with van der Waals surface area (Å²) in [6.45, 7) is 6.02. The maximum absolute atomic E-state index is 11.2.